The maximum Gasteiger partial charge on any atom is 0.159 e. The fourth-order valence-corrected chi connectivity index (χ4v) is 2.84. The maximum atomic E-state index is 13.2. The van der Waals surface area contributed by atoms with Gasteiger partial charge in [-0.2, -0.15) is 0 Å². The van der Waals surface area contributed by atoms with Crippen molar-refractivity contribution in [2.75, 3.05) is 0 Å². The number of rotatable bonds is 3. The molecule has 2 N–H and O–H groups in total. The molecule has 1 unspecified atom stereocenters. The number of halogens is 2. The molecule has 1 aromatic carbocycles. The van der Waals surface area contributed by atoms with E-state index in [0.717, 1.165) is 16.6 Å². The third-order valence-electron chi connectivity index (χ3n) is 3.00. The molecule has 0 saturated carbocycles. The van der Waals surface area contributed by atoms with Crippen LogP contribution in [0, 0.1) is 11.6 Å². The van der Waals surface area contributed by atoms with E-state index in [9.17, 15) is 8.78 Å². The molecule has 0 amide bonds. The van der Waals surface area contributed by atoms with E-state index in [4.69, 9.17) is 5.73 Å². The summed E-state index contributed by atoms with van der Waals surface area (Å²) in [5, 5.41) is 4.14. The quantitative estimate of drug-likeness (QED) is 0.945. The molecule has 3 nitrogen and oxygen atoms in total. The molecule has 0 bridgehead atoms. The second-order valence-electron chi connectivity index (χ2n) is 5.79. The molecule has 0 spiro atoms. The normalized spacial score (nSPS) is 13.5. The molecule has 0 aliphatic carbocycles. The summed E-state index contributed by atoms with van der Waals surface area (Å²) in [4.78, 5) is 0.891. The van der Waals surface area contributed by atoms with Crippen LogP contribution in [0.25, 0.3) is 0 Å². The van der Waals surface area contributed by atoms with Gasteiger partial charge < -0.3 is 5.73 Å². The molecule has 0 saturated heterocycles. The topological polar surface area (TPSA) is 51.8 Å². The first-order chi connectivity index (χ1) is 9.29. The zero-order valence-corrected chi connectivity index (χ0v) is 12.5. The van der Waals surface area contributed by atoms with E-state index in [1.807, 2.05) is 20.8 Å². The highest BCUT2D eigenvalue weighted by atomic mass is 32.1. The molecule has 0 radical (unpaired) electrons. The van der Waals surface area contributed by atoms with Crippen LogP contribution in [-0.4, -0.2) is 9.59 Å². The Bertz CT molecular complexity index is 605. The van der Waals surface area contributed by atoms with Crippen LogP contribution in [0.4, 0.5) is 8.78 Å². The number of benzene rings is 1. The lowest BCUT2D eigenvalue weighted by atomic mass is 9.89. The van der Waals surface area contributed by atoms with E-state index in [0.29, 0.717) is 12.0 Å². The number of aromatic nitrogens is 2. The van der Waals surface area contributed by atoms with E-state index in [2.05, 4.69) is 9.59 Å². The Morgan fingerprint density at radius 2 is 1.95 bits per heavy atom. The molecule has 2 rings (SSSR count). The number of hydrogen-bond donors (Lipinski definition) is 1. The Balaban J connectivity index is 2.22. The zero-order valence-electron chi connectivity index (χ0n) is 11.7. The van der Waals surface area contributed by atoms with E-state index in [-0.39, 0.29) is 11.5 Å². The zero-order chi connectivity index (χ0) is 14.9. The van der Waals surface area contributed by atoms with Gasteiger partial charge in [-0.05, 0) is 35.6 Å². The molecule has 1 atom stereocenters. The van der Waals surface area contributed by atoms with Crippen LogP contribution in [0.3, 0.4) is 0 Å². The Hall–Kier alpha value is -1.40. The summed E-state index contributed by atoms with van der Waals surface area (Å²) in [6, 6.07) is 3.52. The van der Waals surface area contributed by atoms with Crippen LogP contribution < -0.4 is 5.73 Å². The van der Waals surface area contributed by atoms with Crippen LogP contribution in [-0.2, 0) is 11.8 Å². The molecule has 6 heteroatoms. The van der Waals surface area contributed by atoms with Gasteiger partial charge in [0.15, 0.2) is 11.6 Å². The number of hydrogen-bond acceptors (Lipinski definition) is 4. The highest BCUT2D eigenvalue weighted by Crippen LogP contribution is 2.30. The molecule has 1 aromatic heterocycles. The van der Waals surface area contributed by atoms with Crippen molar-refractivity contribution >= 4 is 11.5 Å². The van der Waals surface area contributed by atoms with Crippen LogP contribution in [0.5, 0.6) is 0 Å². The minimum atomic E-state index is -0.854. The molecule has 108 valence electrons. The molecule has 20 heavy (non-hydrogen) atoms. The van der Waals surface area contributed by atoms with Crippen LogP contribution in [0.1, 0.15) is 42.9 Å². The summed E-state index contributed by atoms with van der Waals surface area (Å²) in [5.74, 6) is -1.70. The van der Waals surface area contributed by atoms with Gasteiger partial charge in [0.2, 0.25) is 0 Å². The van der Waals surface area contributed by atoms with Crippen molar-refractivity contribution in [1.29, 1.82) is 0 Å². The number of nitrogens with two attached hydrogens (primary N) is 1. The third-order valence-corrected chi connectivity index (χ3v) is 3.86. The minimum Gasteiger partial charge on any atom is -0.323 e. The molecule has 2 aromatic rings. The second kappa shape index (κ2) is 5.54. The van der Waals surface area contributed by atoms with Crippen molar-refractivity contribution in [3.63, 3.8) is 0 Å². The summed E-state index contributed by atoms with van der Waals surface area (Å²) in [5.41, 5.74) is 7.54. The second-order valence-corrected chi connectivity index (χ2v) is 6.58. The number of nitrogens with zero attached hydrogens (tertiary/aromatic N) is 2. The molecular weight excluding hydrogens is 280 g/mol. The largest absolute Gasteiger partial charge is 0.323 e. The third kappa shape index (κ3) is 3.19. The van der Waals surface area contributed by atoms with Crippen molar-refractivity contribution in [1.82, 2.24) is 9.59 Å². The predicted octanol–water partition coefficient (Wildman–Crippen LogP) is 3.36. The average molecular weight is 297 g/mol. The minimum absolute atomic E-state index is 0.145. The van der Waals surface area contributed by atoms with E-state index in [1.165, 1.54) is 17.6 Å². The average Bonchev–Trinajstić information content (AvgIpc) is 2.83. The Morgan fingerprint density at radius 3 is 2.55 bits per heavy atom. The monoisotopic (exact) mass is 297 g/mol. The Kier molecular flexibility index (Phi) is 4.15. The Morgan fingerprint density at radius 1 is 1.25 bits per heavy atom. The molecule has 1 heterocycles. The molecule has 0 aliphatic rings. The van der Waals surface area contributed by atoms with E-state index < -0.39 is 11.6 Å². The van der Waals surface area contributed by atoms with Gasteiger partial charge in [0.25, 0.3) is 0 Å². The van der Waals surface area contributed by atoms with E-state index in [1.54, 1.807) is 6.07 Å². The first kappa shape index (κ1) is 15.0. The predicted molar refractivity (Wildman–Crippen MR) is 75.6 cm³/mol. The fourth-order valence-electron chi connectivity index (χ4n) is 1.97. The smallest absolute Gasteiger partial charge is 0.159 e. The first-order valence-electron chi connectivity index (χ1n) is 6.31. The van der Waals surface area contributed by atoms with Crippen molar-refractivity contribution in [3.05, 3.63) is 46.0 Å². The Labute approximate surface area is 121 Å². The van der Waals surface area contributed by atoms with Crippen molar-refractivity contribution in [2.24, 2.45) is 5.73 Å². The van der Waals surface area contributed by atoms with Crippen LogP contribution in [0.2, 0.25) is 0 Å². The van der Waals surface area contributed by atoms with Gasteiger partial charge in [-0.3, -0.25) is 0 Å². The summed E-state index contributed by atoms with van der Waals surface area (Å²) in [7, 11) is 0. The van der Waals surface area contributed by atoms with Crippen molar-refractivity contribution < 1.29 is 8.78 Å². The van der Waals surface area contributed by atoms with Gasteiger partial charge in [-0.15, -0.1) is 5.10 Å². The molecular formula is C14H17F2N3S. The lowest BCUT2D eigenvalue weighted by Gasteiger charge is -2.19. The molecule has 0 fully saturated rings. The van der Waals surface area contributed by atoms with Gasteiger partial charge >= 0.3 is 0 Å². The fraction of sp³-hybridized carbons (Fsp3) is 0.429. The van der Waals surface area contributed by atoms with Gasteiger partial charge in [0, 0.05) is 11.5 Å². The summed E-state index contributed by atoms with van der Waals surface area (Å²) in [6.45, 7) is 6.12. The standard InChI is InChI=1S/C14H17F2N3S/c1-14(2,3)13-12(20-19-18-13)11(17)7-8-4-5-9(15)10(16)6-8/h4-6,11H,7,17H2,1-3H3. The first-order valence-corrected chi connectivity index (χ1v) is 7.08. The summed E-state index contributed by atoms with van der Waals surface area (Å²) >= 11 is 1.26. The lowest BCUT2D eigenvalue weighted by molar-refractivity contribution is 0.506. The van der Waals surface area contributed by atoms with Crippen molar-refractivity contribution in [2.45, 2.75) is 38.6 Å². The summed E-state index contributed by atoms with van der Waals surface area (Å²) < 4.78 is 30.1. The van der Waals surface area contributed by atoms with Gasteiger partial charge in [-0.25, -0.2) is 8.78 Å². The highest BCUT2D eigenvalue weighted by molar-refractivity contribution is 7.05. The highest BCUT2D eigenvalue weighted by Gasteiger charge is 2.25. The van der Waals surface area contributed by atoms with E-state index >= 15 is 0 Å². The van der Waals surface area contributed by atoms with Crippen LogP contribution >= 0.6 is 11.5 Å². The SMILES string of the molecule is CC(C)(C)c1nnsc1C(N)Cc1ccc(F)c(F)c1. The van der Waals surface area contributed by atoms with Gasteiger partial charge in [0.05, 0.1) is 10.6 Å². The van der Waals surface area contributed by atoms with Gasteiger partial charge in [0.1, 0.15) is 0 Å². The van der Waals surface area contributed by atoms with Crippen LogP contribution in [0.15, 0.2) is 18.2 Å². The summed E-state index contributed by atoms with van der Waals surface area (Å²) in [6.07, 6.45) is 0.421. The maximum absolute atomic E-state index is 13.2. The van der Waals surface area contributed by atoms with Crippen molar-refractivity contribution in [3.8, 4) is 0 Å². The van der Waals surface area contributed by atoms with Gasteiger partial charge in [-0.1, -0.05) is 31.3 Å². The lowest BCUT2D eigenvalue weighted by Crippen LogP contribution is -2.20. The molecule has 0 aliphatic heterocycles.